The van der Waals surface area contributed by atoms with Gasteiger partial charge in [0.05, 0.1) is 0 Å². The summed E-state index contributed by atoms with van der Waals surface area (Å²) in [5.74, 6) is 1.50. The minimum Gasteiger partial charge on any atom is -0.352 e. The molecule has 0 aromatic heterocycles. The first-order valence-corrected chi connectivity index (χ1v) is 13.5. The summed E-state index contributed by atoms with van der Waals surface area (Å²) < 4.78 is 0. The Morgan fingerprint density at radius 2 is 1.37 bits per heavy atom. The van der Waals surface area contributed by atoms with Gasteiger partial charge in [-0.25, -0.2) is 0 Å². The van der Waals surface area contributed by atoms with Crippen LogP contribution in [0.25, 0.3) is 0 Å². The summed E-state index contributed by atoms with van der Waals surface area (Å²) in [5.41, 5.74) is 3.31. The molecule has 0 radical (unpaired) electrons. The smallest absolute Gasteiger partial charge is 0.243 e. The highest BCUT2D eigenvalue weighted by atomic mass is 32.2. The van der Waals surface area contributed by atoms with Crippen molar-refractivity contribution in [2.24, 2.45) is 0 Å². The van der Waals surface area contributed by atoms with E-state index in [0.717, 1.165) is 23.3 Å². The molecular formula is C30H36N2O2S. The van der Waals surface area contributed by atoms with Gasteiger partial charge < -0.3 is 10.2 Å². The number of benzene rings is 3. The predicted molar refractivity (Wildman–Crippen MR) is 146 cm³/mol. The van der Waals surface area contributed by atoms with E-state index in [-0.39, 0.29) is 17.9 Å². The van der Waals surface area contributed by atoms with Crippen molar-refractivity contribution >= 4 is 23.6 Å². The van der Waals surface area contributed by atoms with Crippen LogP contribution in [-0.4, -0.2) is 34.6 Å². The van der Waals surface area contributed by atoms with E-state index in [1.807, 2.05) is 92.7 Å². The first-order valence-electron chi connectivity index (χ1n) is 12.4. The molecule has 184 valence electrons. The Balaban J connectivity index is 1.78. The largest absolute Gasteiger partial charge is 0.352 e. The van der Waals surface area contributed by atoms with E-state index in [2.05, 4.69) is 17.4 Å². The molecule has 2 amide bonds. The summed E-state index contributed by atoms with van der Waals surface area (Å²) in [6.45, 7) is 4.46. The molecule has 0 saturated heterocycles. The maximum absolute atomic E-state index is 13.6. The topological polar surface area (TPSA) is 49.4 Å². The van der Waals surface area contributed by atoms with Crippen molar-refractivity contribution in [3.8, 4) is 0 Å². The van der Waals surface area contributed by atoms with Crippen LogP contribution in [-0.2, 0) is 28.3 Å². The maximum atomic E-state index is 13.6. The molecule has 0 bridgehead atoms. The lowest BCUT2D eigenvalue weighted by atomic mass is 10.0. The van der Waals surface area contributed by atoms with E-state index >= 15 is 0 Å². The van der Waals surface area contributed by atoms with E-state index in [4.69, 9.17) is 0 Å². The average Bonchev–Trinajstić information content (AvgIpc) is 2.90. The Morgan fingerprint density at radius 3 is 1.94 bits per heavy atom. The molecule has 1 N–H and O–H groups in total. The van der Waals surface area contributed by atoms with Gasteiger partial charge in [0.25, 0.3) is 0 Å². The fraction of sp³-hybridized carbons (Fsp3) is 0.333. The highest BCUT2D eigenvalue weighted by Crippen LogP contribution is 2.18. The van der Waals surface area contributed by atoms with E-state index in [1.165, 1.54) is 5.56 Å². The zero-order chi connectivity index (χ0) is 24.9. The summed E-state index contributed by atoms with van der Waals surface area (Å²) >= 11 is 1.75. The summed E-state index contributed by atoms with van der Waals surface area (Å²) in [5, 5.41) is 3.12. The summed E-state index contributed by atoms with van der Waals surface area (Å²) in [7, 11) is 0. The van der Waals surface area contributed by atoms with Gasteiger partial charge >= 0.3 is 0 Å². The van der Waals surface area contributed by atoms with Crippen LogP contribution in [0.15, 0.2) is 91.0 Å². The second-order valence-corrected chi connectivity index (χ2v) is 9.92. The molecule has 5 heteroatoms. The standard InChI is InChI=1S/C30H36N2O2S/c1-3-24(2)31-30(34)28(21-25-13-7-4-8-14-25)32(22-26-15-9-5-10-16-26)29(33)19-20-35-23-27-17-11-6-12-18-27/h4-18,24,28H,3,19-23H2,1-2H3,(H,31,34)/t24-,28+/m0/s1. The van der Waals surface area contributed by atoms with Crippen LogP contribution >= 0.6 is 11.8 Å². The van der Waals surface area contributed by atoms with E-state index in [9.17, 15) is 9.59 Å². The van der Waals surface area contributed by atoms with Gasteiger partial charge in [-0.3, -0.25) is 9.59 Å². The summed E-state index contributed by atoms with van der Waals surface area (Å²) in [6.07, 6.45) is 1.72. The molecule has 0 aliphatic heterocycles. The van der Waals surface area contributed by atoms with Crippen molar-refractivity contribution in [3.05, 3.63) is 108 Å². The molecule has 3 aromatic rings. The quantitative estimate of drug-likeness (QED) is 0.306. The maximum Gasteiger partial charge on any atom is 0.243 e. The molecule has 0 fully saturated rings. The number of hydrogen-bond donors (Lipinski definition) is 1. The Bertz CT molecular complexity index is 1030. The Hall–Kier alpha value is -3.05. The van der Waals surface area contributed by atoms with Crippen molar-refractivity contribution in [2.45, 2.75) is 57.5 Å². The highest BCUT2D eigenvalue weighted by molar-refractivity contribution is 7.98. The van der Waals surface area contributed by atoms with Gasteiger partial charge in [0.2, 0.25) is 11.8 Å². The van der Waals surface area contributed by atoms with Gasteiger partial charge in [0.1, 0.15) is 6.04 Å². The molecule has 0 unspecified atom stereocenters. The fourth-order valence-electron chi connectivity index (χ4n) is 3.84. The predicted octanol–water partition coefficient (Wildman–Crippen LogP) is 5.86. The molecule has 0 aliphatic rings. The van der Waals surface area contributed by atoms with Gasteiger partial charge in [-0.2, -0.15) is 11.8 Å². The Kier molecular flexibility index (Phi) is 10.9. The van der Waals surface area contributed by atoms with Crippen molar-refractivity contribution in [2.75, 3.05) is 5.75 Å². The van der Waals surface area contributed by atoms with Crippen LogP contribution in [0.1, 0.15) is 43.4 Å². The Labute approximate surface area is 214 Å². The summed E-state index contributed by atoms with van der Waals surface area (Å²) in [6, 6.07) is 29.6. The van der Waals surface area contributed by atoms with Crippen molar-refractivity contribution in [1.29, 1.82) is 0 Å². The number of rotatable bonds is 13. The Morgan fingerprint density at radius 1 is 0.829 bits per heavy atom. The molecule has 3 rings (SSSR count). The van der Waals surface area contributed by atoms with Crippen LogP contribution in [0, 0.1) is 0 Å². The lowest BCUT2D eigenvalue weighted by Gasteiger charge is -2.32. The second-order valence-electron chi connectivity index (χ2n) is 8.82. The average molecular weight is 489 g/mol. The number of thioether (sulfide) groups is 1. The highest BCUT2D eigenvalue weighted by Gasteiger charge is 2.30. The minimum atomic E-state index is -0.571. The number of carbonyl (C=O) groups excluding carboxylic acids is 2. The lowest BCUT2D eigenvalue weighted by Crippen LogP contribution is -2.52. The third kappa shape index (κ3) is 8.91. The zero-order valence-electron chi connectivity index (χ0n) is 20.7. The van der Waals surface area contributed by atoms with Gasteiger partial charge in [-0.1, -0.05) is 97.9 Å². The van der Waals surface area contributed by atoms with Crippen molar-refractivity contribution in [1.82, 2.24) is 10.2 Å². The number of amides is 2. The molecule has 4 nitrogen and oxygen atoms in total. The number of nitrogens with one attached hydrogen (secondary N) is 1. The zero-order valence-corrected chi connectivity index (χ0v) is 21.5. The van der Waals surface area contributed by atoms with E-state index in [0.29, 0.717) is 25.1 Å². The SMILES string of the molecule is CC[C@H](C)NC(=O)[C@@H](Cc1ccccc1)N(Cc1ccccc1)C(=O)CCSCc1ccccc1. The molecular weight excluding hydrogens is 452 g/mol. The van der Waals surface area contributed by atoms with Gasteiger partial charge in [0, 0.05) is 36.9 Å². The van der Waals surface area contributed by atoms with Gasteiger partial charge in [-0.15, -0.1) is 0 Å². The lowest BCUT2D eigenvalue weighted by molar-refractivity contribution is -0.141. The second kappa shape index (κ2) is 14.4. The van der Waals surface area contributed by atoms with Crippen LogP contribution in [0.2, 0.25) is 0 Å². The minimum absolute atomic E-state index is 0.00893. The molecule has 0 spiro atoms. The molecule has 3 aromatic carbocycles. The first kappa shape index (κ1) is 26.6. The summed E-state index contributed by atoms with van der Waals surface area (Å²) in [4.78, 5) is 28.8. The van der Waals surface area contributed by atoms with Gasteiger partial charge in [-0.05, 0) is 30.0 Å². The monoisotopic (exact) mass is 488 g/mol. The van der Waals surface area contributed by atoms with Crippen molar-refractivity contribution in [3.63, 3.8) is 0 Å². The third-order valence-corrected chi connectivity index (χ3v) is 7.07. The van der Waals surface area contributed by atoms with Crippen LogP contribution in [0.3, 0.4) is 0 Å². The van der Waals surface area contributed by atoms with E-state index in [1.54, 1.807) is 16.7 Å². The van der Waals surface area contributed by atoms with Crippen LogP contribution in [0.4, 0.5) is 0 Å². The van der Waals surface area contributed by atoms with Gasteiger partial charge in [0.15, 0.2) is 0 Å². The van der Waals surface area contributed by atoms with Crippen molar-refractivity contribution < 1.29 is 9.59 Å². The third-order valence-electron chi connectivity index (χ3n) is 6.04. The number of nitrogens with zero attached hydrogens (tertiary/aromatic N) is 1. The van der Waals surface area contributed by atoms with Crippen LogP contribution < -0.4 is 5.32 Å². The molecule has 2 atom stereocenters. The van der Waals surface area contributed by atoms with E-state index < -0.39 is 6.04 Å². The first-order chi connectivity index (χ1) is 17.1. The number of hydrogen-bond acceptors (Lipinski definition) is 3. The normalized spacial score (nSPS) is 12.5. The molecule has 0 saturated carbocycles. The van der Waals surface area contributed by atoms with Crippen LogP contribution in [0.5, 0.6) is 0 Å². The molecule has 0 aliphatic carbocycles. The molecule has 0 heterocycles. The molecule has 35 heavy (non-hydrogen) atoms. The fourth-order valence-corrected chi connectivity index (χ4v) is 4.73. The number of carbonyl (C=O) groups is 2.